The van der Waals surface area contributed by atoms with Crippen LogP contribution in [-0.2, 0) is 10.8 Å². The third-order valence-electron chi connectivity index (χ3n) is 19.9. The summed E-state index contributed by atoms with van der Waals surface area (Å²) < 4.78 is 26.7. The molecule has 0 saturated carbocycles. The molecule has 21 rings (SSSR count). The van der Waals surface area contributed by atoms with Gasteiger partial charge < -0.3 is 18.6 Å². The van der Waals surface area contributed by atoms with Crippen LogP contribution in [0.15, 0.2) is 300 Å². The average molecular weight is 1190 g/mol. The number of nitrogens with zero attached hydrogens (tertiary/aromatic N) is 4. The standard InChI is InChI=1S/C82H48N4O2S2/c1-3-23-49(24-4-1)83-63-37-17-11-31-55(63)81(56-32-12-18-38-64(56)83)59-47-73(85-61-35-15-7-27-51(61)75-67(85)43-45-71-77(75)53-29-9-21-41-69(53)89-71)88-80(59)82(57-33-13-19-39-65(57)84(50-25-5-2-6-26-50)66-40-20-14-34-58(66)82)60-48-74(87-79(60)81)86-62-36-16-8-28-52(62)76-68(86)44-46-72-78(76)54-30-10-22-42-70(54)90-72/h1-48H. The van der Waals surface area contributed by atoms with Crippen molar-refractivity contribution in [2.24, 2.45) is 0 Å². The van der Waals surface area contributed by atoms with Gasteiger partial charge in [0.05, 0.1) is 44.8 Å². The van der Waals surface area contributed by atoms with E-state index in [4.69, 9.17) is 8.83 Å². The predicted octanol–water partition coefficient (Wildman–Crippen LogP) is 22.4. The molecule has 0 fully saturated rings. The maximum atomic E-state index is 8.43. The molecular formula is C82H48N4O2S2. The average Bonchev–Trinajstić information content (AvgIpc) is 1.23. The molecule has 8 heterocycles. The highest BCUT2D eigenvalue weighted by Crippen LogP contribution is 2.70. The summed E-state index contributed by atoms with van der Waals surface area (Å²) >= 11 is 3.71. The Morgan fingerprint density at radius 1 is 0.256 bits per heavy atom. The maximum Gasteiger partial charge on any atom is 0.205 e. The first kappa shape index (κ1) is 48.9. The molecule has 3 aliphatic rings. The minimum atomic E-state index is -1.12. The second-order valence-electron chi connectivity index (χ2n) is 24.1. The van der Waals surface area contributed by atoms with E-state index in [1.54, 1.807) is 0 Å². The van der Waals surface area contributed by atoms with Gasteiger partial charge in [-0.15, -0.1) is 22.7 Å². The molecule has 1 aliphatic carbocycles. The fourth-order valence-corrected chi connectivity index (χ4v) is 18.9. The summed E-state index contributed by atoms with van der Waals surface area (Å²) in [4.78, 5) is 4.89. The summed E-state index contributed by atoms with van der Waals surface area (Å²) in [6.07, 6.45) is 0. The lowest BCUT2D eigenvalue weighted by Crippen LogP contribution is -2.48. The van der Waals surface area contributed by atoms with Gasteiger partial charge in [-0.05, 0) is 119 Å². The topological polar surface area (TPSA) is 42.6 Å². The number of hydrogen-bond donors (Lipinski definition) is 0. The largest absolute Gasteiger partial charge is 0.443 e. The van der Waals surface area contributed by atoms with Gasteiger partial charge >= 0.3 is 0 Å². The van der Waals surface area contributed by atoms with Gasteiger partial charge in [-0.2, -0.15) is 0 Å². The minimum Gasteiger partial charge on any atom is -0.443 e. The smallest absolute Gasteiger partial charge is 0.205 e. The van der Waals surface area contributed by atoms with Crippen LogP contribution in [0.25, 0.3) is 95.7 Å². The second kappa shape index (κ2) is 17.8. The van der Waals surface area contributed by atoms with Gasteiger partial charge in [0.25, 0.3) is 0 Å². The number of aromatic nitrogens is 2. The third-order valence-corrected chi connectivity index (χ3v) is 22.2. The van der Waals surface area contributed by atoms with Crippen LogP contribution in [0.4, 0.5) is 34.1 Å². The highest BCUT2D eigenvalue weighted by Gasteiger charge is 2.64. The molecule has 18 aromatic rings. The number of fused-ring (bicyclic) bond motifs is 28. The first-order valence-corrected chi connectivity index (χ1v) is 32.4. The Labute approximate surface area is 523 Å². The molecule has 2 aliphatic heterocycles. The molecular weight excluding hydrogens is 1140 g/mol. The zero-order valence-electron chi connectivity index (χ0n) is 48.1. The Morgan fingerprint density at radius 2 is 0.589 bits per heavy atom. The van der Waals surface area contributed by atoms with Crippen LogP contribution in [0.1, 0.15) is 44.9 Å². The summed E-state index contributed by atoms with van der Waals surface area (Å²) in [6, 6.07) is 107. The molecule has 0 N–H and O–H groups in total. The summed E-state index contributed by atoms with van der Waals surface area (Å²) in [5.74, 6) is 3.13. The van der Waals surface area contributed by atoms with Crippen molar-refractivity contribution < 1.29 is 8.83 Å². The quantitative estimate of drug-likeness (QED) is 0.176. The normalized spacial score (nSPS) is 14.4. The third kappa shape index (κ3) is 6.03. The van der Waals surface area contributed by atoms with Gasteiger partial charge in [0.1, 0.15) is 22.4 Å². The molecule has 0 atom stereocenters. The van der Waals surface area contributed by atoms with Crippen LogP contribution in [-0.4, -0.2) is 9.13 Å². The number of hydrogen-bond acceptors (Lipinski definition) is 6. The van der Waals surface area contributed by atoms with Gasteiger partial charge in [-0.1, -0.05) is 182 Å². The van der Waals surface area contributed by atoms with E-state index in [-0.39, 0.29) is 0 Å². The van der Waals surface area contributed by atoms with Crippen molar-refractivity contribution in [3.63, 3.8) is 0 Å². The molecule has 8 heteroatoms. The molecule has 0 unspecified atom stereocenters. The fraction of sp³-hybridized carbons (Fsp3) is 0.0244. The summed E-state index contributed by atoms with van der Waals surface area (Å²) in [7, 11) is 0. The van der Waals surface area contributed by atoms with Crippen LogP contribution in [0.3, 0.4) is 0 Å². The SMILES string of the molecule is c1ccc(N2c3ccccc3C3(c4ccccc42)c2cc(-n4c5ccccc5c5c6c(ccc54)sc4ccccc46)oc2C2(c4ccccc4N(c4ccccc4)c4ccccc42)c2cc(-n4c5ccccc5c5c6c(ccc54)sc4ccccc46)oc23)cc1. The summed E-state index contributed by atoms with van der Waals surface area (Å²) in [6.45, 7) is 0. The van der Waals surface area contributed by atoms with E-state index in [0.717, 1.165) is 113 Å². The lowest BCUT2D eigenvalue weighted by Gasteiger charge is -2.51. The highest BCUT2D eigenvalue weighted by atomic mass is 32.1. The molecule has 6 nitrogen and oxygen atoms in total. The monoisotopic (exact) mass is 1180 g/mol. The molecule has 2 spiro atoms. The Morgan fingerprint density at radius 3 is 0.989 bits per heavy atom. The number of anilines is 6. The van der Waals surface area contributed by atoms with E-state index in [0.29, 0.717) is 0 Å². The Bertz CT molecular complexity index is 5580. The first-order valence-electron chi connectivity index (χ1n) is 30.7. The zero-order chi connectivity index (χ0) is 58.6. The molecule has 90 heavy (non-hydrogen) atoms. The van der Waals surface area contributed by atoms with Crippen molar-refractivity contribution in [3.8, 4) is 11.8 Å². The van der Waals surface area contributed by atoms with Crippen LogP contribution in [0.2, 0.25) is 0 Å². The number of para-hydroxylation sites is 8. The van der Waals surface area contributed by atoms with Crippen LogP contribution in [0, 0.1) is 0 Å². The number of benzene rings is 12. The minimum absolute atomic E-state index is 0.726. The van der Waals surface area contributed by atoms with Crippen molar-refractivity contribution in [2.75, 3.05) is 9.80 Å². The second-order valence-corrected chi connectivity index (χ2v) is 26.3. The van der Waals surface area contributed by atoms with Crippen molar-refractivity contribution in [2.45, 2.75) is 10.8 Å². The van der Waals surface area contributed by atoms with Crippen molar-refractivity contribution in [1.29, 1.82) is 0 Å². The number of rotatable bonds is 4. The number of thiophene rings is 2. The Hall–Kier alpha value is -11.2. The number of furan rings is 2. The maximum absolute atomic E-state index is 8.43. The highest BCUT2D eigenvalue weighted by molar-refractivity contribution is 7.26. The van der Waals surface area contributed by atoms with E-state index < -0.39 is 10.8 Å². The Kier molecular flexibility index (Phi) is 9.65. The van der Waals surface area contributed by atoms with E-state index >= 15 is 0 Å². The van der Waals surface area contributed by atoms with Crippen LogP contribution >= 0.6 is 22.7 Å². The lowest BCUT2D eigenvalue weighted by molar-refractivity contribution is 0.388. The zero-order valence-corrected chi connectivity index (χ0v) is 49.8. The van der Waals surface area contributed by atoms with Crippen LogP contribution in [0.5, 0.6) is 0 Å². The fourth-order valence-electron chi connectivity index (χ4n) is 16.6. The molecule has 12 aromatic carbocycles. The summed E-state index contributed by atoms with van der Waals surface area (Å²) in [5.41, 5.74) is 14.8. The van der Waals surface area contributed by atoms with Gasteiger partial charge in [-0.3, -0.25) is 9.13 Å². The molecule has 0 bridgehead atoms. The van der Waals surface area contributed by atoms with E-state index in [9.17, 15) is 0 Å². The van der Waals surface area contributed by atoms with E-state index in [1.807, 2.05) is 22.7 Å². The molecule has 420 valence electrons. The van der Waals surface area contributed by atoms with Crippen molar-refractivity contribution in [3.05, 3.63) is 336 Å². The molecule has 6 aromatic heterocycles. The van der Waals surface area contributed by atoms with Gasteiger partial charge in [-0.25, -0.2) is 0 Å². The van der Waals surface area contributed by atoms with E-state index in [1.165, 1.54) is 61.9 Å². The summed E-state index contributed by atoms with van der Waals surface area (Å²) in [5, 5.41) is 9.84. The van der Waals surface area contributed by atoms with Crippen molar-refractivity contribution >= 4 is 141 Å². The lowest BCUT2D eigenvalue weighted by atomic mass is 9.53. The first-order chi connectivity index (χ1) is 44.7. The van der Waals surface area contributed by atoms with Gasteiger partial charge in [0.2, 0.25) is 11.8 Å². The van der Waals surface area contributed by atoms with Crippen molar-refractivity contribution in [1.82, 2.24) is 9.13 Å². The molecule has 0 radical (unpaired) electrons. The molecule has 0 amide bonds. The van der Waals surface area contributed by atoms with Gasteiger partial charge in [0.15, 0.2) is 0 Å². The molecule has 0 saturated heterocycles. The van der Waals surface area contributed by atoms with Crippen LogP contribution < -0.4 is 9.80 Å². The predicted molar refractivity (Wildman–Crippen MR) is 372 cm³/mol. The van der Waals surface area contributed by atoms with E-state index in [2.05, 4.69) is 310 Å². The van der Waals surface area contributed by atoms with Gasteiger partial charge in [0, 0.05) is 96.5 Å². The Balaban J connectivity index is 0.964.